The lowest BCUT2D eigenvalue weighted by atomic mass is 10.2. The normalized spacial score (nSPS) is 14.6. The average molecular weight is 402 g/mol. The first-order valence-electron chi connectivity index (χ1n) is 9.27. The van der Waals surface area contributed by atoms with Crippen LogP contribution in [0.5, 0.6) is 5.75 Å². The molecule has 4 heterocycles. The highest BCUT2D eigenvalue weighted by Crippen LogP contribution is 2.29. The molecule has 7 nitrogen and oxygen atoms in total. The van der Waals surface area contributed by atoms with Crippen LogP contribution in [0, 0.1) is 6.92 Å². The van der Waals surface area contributed by atoms with Crippen LogP contribution in [0.4, 0.5) is 14.5 Å². The monoisotopic (exact) mass is 402 g/mol. The van der Waals surface area contributed by atoms with Crippen LogP contribution in [-0.2, 0) is 0 Å². The Morgan fingerprint density at radius 3 is 2.79 bits per heavy atom. The van der Waals surface area contributed by atoms with E-state index in [4.69, 9.17) is 9.15 Å². The summed E-state index contributed by atoms with van der Waals surface area (Å²) in [5.41, 5.74) is 2.28. The molecule has 9 heteroatoms. The molecule has 1 aliphatic rings. The van der Waals surface area contributed by atoms with E-state index in [1.807, 2.05) is 11.8 Å². The number of ether oxygens (including phenoxy) is 1. The summed E-state index contributed by atoms with van der Waals surface area (Å²) < 4.78 is 35.9. The second-order valence-corrected chi connectivity index (χ2v) is 6.75. The Morgan fingerprint density at radius 1 is 1.24 bits per heavy atom. The van der Waals surface area contributed by atoms with E-state index in [0.29, 0.717) is 60.0 Å². The zero-order valence-corrected chi connectivity index (χ0v) is 15.8. The van der Waals surface area contributed by atoms with Crippen LogP contribution in [-0.4, -0.2) is 60.0 Å². The highest BCUT2D eigenvalue weighted by atomic mass is 19.3. The summed E-state index contributed by atoms with van der Waals surface area (Å²) in [5, 5.41) is 0. The number of carbonyl (C=O) groups excluding carboxylic acids is 1. The van der Waals surface area contributed by atoms with Crippen LogP contribution in [0.25, 0.3) is 11.1 Å². The van der Waals surface area contributed by atoms with Crippen molar-refractivity contribution >= 4 is 22.7 Å². The third-order valence-corrected chi connectivity index (χ3v) is 4.80. The first-order valence-corrected chi connectivity index (χ1v) is 9.27. The zero-order chi connectivity index (χ0) is 20.4. The number of halogens is 2. The molecule has 0 radical (unpaired) electrons. The Bertz CT molecular complexity index is 1020. The summed E-state index contributed by atoms with van der Waals surface area (Å²) in [5.74, 6) is 0.944. The van der Waals surface area contributed by atoms with Gasteiger partial charge in [0.1, 0.15) is 23.6 Å². The molecule has 29 heavy (non-hydrogen) atoms. The first kappa shape index (κ1) is 19.1. The van der Waals surface area contributed by atoms with Gasteiger partial charge in [-0.2, -0.15) is 0 Å². The number of aromatic nitrogens is 2. The van der Waals surface area contributed by atoms with E-state index in [2.05, 4.69) is 9.97 Å². The van der Waals surface area contributed by atoms with E-state index in [1.54, 1.807) is 35.5 Å². The molecule has 4 rings (SSSR count). The van der Waals surface area contributed by atoms with E-state index in [1.165, 1.54) is 6.20 Å². The molecule has 0 aliphatic carbocycles. The molecular formula is C20H20F2N4O3. The Kier molecular flexibility index (Phi) is 5.28. The number of rotatable bonds is 5. The van der Waals surface area contributed by atoms with Gasteiger partial charge in [0.2, 0.25) is 0 Å². The van der Waals surface area contributed by atoms with Crippen LogP contribution in [0.3, 0.4) is 0 Å². The lowest BCUT2D eigenvalue weighted by Crippen LogP contribution is -2.49. The van der Waals surface area contributed by atoms with Crippen LogP contribution < -0.4 is 9.64 Å². The fraction of sp³-hybridized carbons (Fsp3) is 0.350. The van der Waals surface area contributed by atoms with Crippen molar-refractivity contribution in [2.24, 2.45) is 0 Å². The van der Waals surface area contributed by atoms with Gasteiger partial charge in [-0.05, 0) is 13.0 Å². The van der Waals surface area contributed by atoms with E-state index in [9.17, 15) is 13.6 Å². The van der Waals surface area contributed by atoms with Gasteiger partial charge in [-0.15, -0.1) is 0 Å². The van der Waals surface area contributed by atoms with Gasteiger partial charge in [0.05, 0.1) is 17.4 Å². The summed E-state index contributed by atoms with van der Waals surface area (Å²) in [6.07, 6.45) is 2.15. The van der Waals surface area contributed by atoms with E-state index >= 15 is 0 Å². The predicted molar refractivity (Wildman–Crippen MR) is 103 cm³/mol. The number of hydrogen-bond acceptors (Lipinski definition) is 6. The molecule has 1 amide bonds. The minimum atomic E-state index is -2.55. The van der Waals surface area contributed by atoms with Crippen molar-refractivity contribution in [3.05, 3.63) is 48.1 Å². The number of pyridine rings is 2. The number of alkyl halides is 2. The largest absolute Gasteiger partial charge is 0.485 e. The summed E-state index contributed by atoms with van der Waals surface area (Å²) in [4.78, 5) is 25.1. The van der Waals surface area contributed by atoms with E-state index in [0.717, 1.165) is 0 Å². The molecule has 1 saturated heterocycles. The quantitative estimate of drug-likeness (QED) is 0.653. The van der Waals surface area contributed by atoms with E-state index < -0.39 is 13.0 Å². The molecule has 1 aliphatic heterocycles. The molecule has 1 fully saturated rings. The van der Waals surface area contributed by atoms with Crippen molar-refractivity contribution in [3.8, 4) is 5.75 Å². The third-order valence-electron chi connectivity index (χ3n) is 4.80. The first-order chi connectivity index (χ1) is 14.0. The van der Waals surface area contributed by atoms with Crippen LogP contribution in [0.2, 0.25) is 0 Å². The Balaban J connectivity index is 1.46. The lowest BCUT2D eigenvalue weighted by molar-refractivity contribution is 0.0744. The maximum atomic E-state index is 13.0. The Hall–Kier alpha value is -3.23. The molecule has 0 aromatic carbocycles. The topological polar surface area (TPSA) is 71.7 Å². The summed E-state index contributed by atoms with van der Waals surface area (Å²) in [6, 6.07) is 5.03. The Labute approximate surface area is 165 Å². The number of fused-ring (bicyclic) bond motifs is 1. The zero-order valence-electron chi connectivity index (χ0n) is 15.8. The highest BCUT2D eigenvalue weighted by molar-refractivity contribution is 6.04. The van der Waals surface area contributed by atoms with Gasteiger partial charge in [-0.1, -0.05) is 0 Å². The van der Waals surface area contributed by atoms with Gasteiger partial charge in [0.15, 0.2) is 5.58 Å². The summed E-state index contributed by atoms with van der Waals surface area (Å²) >= 11 is 0. The van der Waals surface area contributed by atoms with Crippen molar-refractivity contribution in [1.82, 2.24) is 14.9 Å². The minimum Gasteiger partial charge on any atom is -0.485 e. The molecular weight excluding hydrogens is 382 g/mol. The second kappa shape index (κ2) is 8.02. The number of anilines is 1. The molecule has 0 spiro atoms. The Morgan fingerprint density at radius 2 is 2.03 bits per heavy atom. The number of aryl methyl sites for hydroxylation is 1. The average Bonchev–Trinajstić information content (AvgIpc) is 3.12. The van der Waals surface area contributed by atoms with Crippen molar-refractivity contribution < 1.29 is 22.7 Å². The molecule has 3 aromatic heterocycles. The molecule has 3 aromatic rings. The van der Waals surface area contributed by atoms with Crippen LogP contribution >= 0.6 is 0 Å². The number of carbonyl (C=O) groups is 1. The van der Waals surface area contributed by atoms with Crippen molar-refractivity contribution in [1.29, 1.82) is 0 Å². The second-order valence-electron chi connectivity index (χ2n) is 6.75. The van der Waals surface area contributed by atoms with E-state index in [-0.39, 0.29) is 5.91 Å². The maximum absolute atomic E-state index is 13.0. The lowest BCUT2D eigenvalue weighted by Gasteiger charge is -2.36. The van der Waals surface area contributed by atoms with Crippen molar-refractivity contribution in [2.45, 2.75) is 13.3 Å². The molecule has 0 atom stereocenters. The van der Waals surface area contributed by atoms with Gasteiger partial charge in [-0.3, -0.25) is 14.8 Å². The number of hydrogen-bond donors (Lipinski definition) is 0. The standard InChI is InChI=1S/C20H20F2N4O3/c1-13-10-15-19(29-13)14(2-5-24-15)20(27)26-8-6-25(7-9-26)16-11-23-4-3-17(16)28-12-18(21)22/h2-5,10-11,18H,6-9,12H2,1H3. The fourth-order valence-corrected chi connectivity index (χ4v) is 3.43. The third kappa shape index (κ3) is 3.98. The molecule has 0 N–H and O–H groups in total. The van der Waals surface area contributed by atoms with Gasteiger partial charge in [0, 0.05) is 50.7 Å². The number of nitrogens with zero attached hydrogens (tertiary/aromatic N) is 4. The minimum absolute atomic E-state index is 0.119. The smallest absolute Gasteiger partial charge is 0.272 e. The van der Waals surface area contributed by atoms with Gasteiger partial charge in [0.25, 0.3) is 12.3 Å². The SMILES string of the molecule is Cc1cc2nccc(C(=O)N3CCN(c4cnccc4OCC(F)F)CC3)c2o1. The number of furan rings is 1. The molecule has 0 unspecified atom stereocenters. The predicted octanol–water partition coefficient (Wildman–Crippen LogP) is 3.14. The summed E-state index contributed by atoms with van der Waals surface area (Å²) in [6.45, 7) is 3.17. The summed E-state index contributed by atoms with van der Waals surface area (Å²) in [7, 11) is 0. The maximum Gasteiger partial charge on any atom is 0.272 e. The number of amides is 1. The van der Waals surface area contributed by atoms with Crippen LogP contribution in [0.15, 0.2) is 41.2 Å². The fourth-order valence-electron chi connectivity index (χ4n) is 3.43. The highest BCUT2D eigenvalue weighted by Gasteiger charge is 2.26. The van der Waals surface area contributed by atoms with Gasteiger partial charge in [-0.25, -0.2) is 8.78 Å². The van der Waals surface area contributed by atoms with Gasteiger partial charge >= 0.3 is 0 Å². The van der Waals surface area contributed by atoms with Crippen LogP contribution in [0.1, 0.15) is 16.1 Å². The van der Waals surface area contributed by atoms with Crippen molar-refractivity contribution in [3.63, 3.8) is 0 Å². The van der Waals surface area contributed by atoms with Crippen molar-refractivity contribution in [2.75, 3.05) is 37.7 Å². The number of piperazine rings is 1. The molecule has 0 bridgehead atoms. The molecule has 152 valence electrons. The van der Waals surface area contributed by atoms with Gasteiger partial charge < -0.3 is 19.0 Å². The molecule has 0 saturated carbocycles.